The lowest BCUT2D eigenvalue weighted by atomic mass is 9.94. The molecule has 0 spiro atoms. The van der Waals surface area contributed by atoms with E-state index in [1.165, 1.54) is 0 Å². The average Bonchev–Trinajstić information content (AvgIpc) is 2.94. The molecule has 3 unspecified atom stereocenters. The summed E-state index contributed by atoms with van der Waals surface area (Å²) in [5, 5.41) is 2.98. The number of hydrogen-bond acceptors (Lipinski definition) is 3. The van der Waals surface area contributed by atoms with Crippen LogP contribution in [-0.4, -0.2) is 41.3 Å². The first kappa shape index (κ1) is 14.5. The van der Waals surface area contributed by atoms with Crippen molar-refractivity contribution in [2.45, 2.75) is 71.0 Å². The topological polar surface area (TPSA) is 49.4 Å². The molecule has 4 heteroatoms. The molecular formula is C15H26N2O2. The molecule has 2 fully saturated rings. The third-order valence-corrected chi connectivity index (χ3v) is 4.47. The van der Waals surface area contributed by atoms with E-state index < -0.39 is 0 Å². The van der Waals surface area contributed by atoms with Gasteiger partial charge in [0.05, 0.1) is 6.04 Å². The molecule has 0 aromatic rings. The van der Waals surface area contributed by atoms with Crippen LogP contribution in [-0.2, 0) is 9.59 Å². The van der Waals surface area contributed by atoms with Crippen molar-refractivity contribution in [2.75, 3.05) is 6.54 Å². The Labute approximate surface area is 115 Å². The van der Waals surface area contributed by atoms with Gasteiger partial charge in [-0.2, -0.15) is 0 Å². The maximum absolute atomic E-state index is 12.1. The Hall–Kier alpha value is -0.900. The number of rotatable bonds is 4. The SMILES string of the molecule is CC(C)NC(=O)C(C)N1CCCC1C1CCCC1=O. The zero-order valence-corrected chi connectivity index (χ0v) is 12.3. The molecule has 1 heterocycles. The lowest BCUT2D eigenvalue weighted by Gasteiger charge is -2.33. The third-order valence-electron chi connectivity index (χ3n) is 4.47. The van der Waals surface area contributed by atoms with E-state index in [1.807, 2.05) is 20.8 Å². The highest BCUT2D eigenvalue weighted by Crippen LogP contribution is 2.34. The van der Waals surface area contributed by atoms with Gasteiger partial charge in [0.15, 0.2) is 0 Å². The van der Waals surface area contributed by atoms with Crippen LogP contribution >= 0.6 is 0 Å². The van der Waals surface area contributed by atoms with Gasteiger partial charge in [-0.25, -0.2) is 0 Å². The van der Waals surface area contributed by atoms with Gasteiger partial charge in [-0.1, -0.05) is 0 Å². The van der Waals surface area contributed by atoms with Crippen LogP contribution in [0.3, 0.4) is 0 Å². The second-order valence-electron chi connectivity index (χ2n) is 6.25. The highest BCUT2D eigenvalue weighted by atomic mass is 16.2. The Morgan fingerprint density at radius 2 is 2.00 bits per heavy atom. The maximum atomic E-state index is 12.1. The fourth-order valence-electron chi connectivity index (χ4n) is 3.53. The summed E-state index contributed by atoms with van der Waals surface area (Å²) in [6.45, 7) is 6.87. The van der Waals surface area contributed by atoms with Gasteiger partial charge in [0.2, 0.25) is 5.91 Å². The molecule has 19 heavy (non-hydrogen) atoms. The second-order valence-corrected chi connectivity index (χ2v) is 6.25. The first-order chi connectivity index (χ1) is 9.00. The Kier molecular flexibility index (Phi) is 4.61. The van der Waals surface area contributed by atoms with Crippen LogP contribution in [0.5, 0.6) is 0 Å². The van der Waals surface area contributed by atoms with Gasteiger partial charge in [-0.15, -0.1) is 0 Å². The molecule has 0 aromatic heterocycles. The third kappa shape index (κ3) is 3.16. The molecule has 2 aliphatic rings. The van der Waals surface area contributed by atoms with Gasteiger partial charge in [0.1, 0.15) is 5.78 Å². The lowest BCUT2D eigenvalue weighted by Crippen LogP contribution is -2.51. The van der Waals surface area contributed by atoms with Gasteiger partial charge < -0.3 is 5.32 Å². The zero-order valence-electron chi connectivity index (χ0n) is 12.3. The van der Waals surface area contributed by atoms with Crippen molar-refractivity contribution in [3.63, 3.8) is 0 Å². The summed E-state index contributed by atoms with van der Waals surface area (Å²) in [5.74, 6) is 0.678. The highest BCUT2D eigenvalue weighted by molar-refractivity contribution is 5.84. The second kappa shape index (κ2) is 6.04. The number of carbonyl (C=O) groups is 2. The van der Waals surface area contributed by atoms with E-state index in [0.717, 1.165) is 38.6 Å². The molecule has 1 saturated heterocycles. The van der Waals surface area contributed by atoms with E-state index in [2.05, 4.69) is 10.2 Å². The largest absolute Gasteiger partial charge is 0.353 e. The summed E-state index contributed by atoms with van der Waals surface area (Å²) in [6, 6.07) is 0.343. The fraction of sp³-hybridized carbons (Fsp3) is 0.867. The first-order valence-electron chi connectivity index (χ1n) is 7.59. The summed E-state index contributed by atoms with van der Waals surface area (Å²) in [6.07, 6.45) is 4.95. The molecule has 0 bridgehead atoms. The number of amides is 1. The van der Waals surface area contributed by atoms with Gasteiger partial charge >= 0.3 is 0 Å². The van der Waals surface area contributed by atoms with Crippen LogP contribution in [0.4, 0.5) is 0 Å². The van der Waals surface area contributed by atoms with Crippen LogP contribution in [0.1, 0.15) is 52.9 Å². The molecule has 1 amide bonds. The van der Waals surface area contributed by atoms with Gasteiger partial charge in [-0.3, -0.25) is 14.5 Å². The van der Waals surface area contributed by atoms with E-state index in [-0.39, 0.29) is 23.9 Å². The molecule has 4 nitrogen and oxygen atoms in total. The number of Topliss-reactive ketones (excluding diaryl/α,β-unsaturated/α-hetero) is 1. The molecule has 2 rings (SSSR count). The van der Waals surface area contributed by atoms with Crippen molar-refractivity contribution >= 4 is 11.7 Å². The molecule has 1 N–H and O–H groups in total. The van der Waals surface area contributed by atoms with Gasteiger partial charge in [-0.05, 0) is 53.0 Å². The van der Waals surface area contributed by atoms with E-state index >= 15 is 0 Å². The zero-order chi connectivity index (χ0) is 14.0. The monoisotopic (exact) mass is 266 g/mol. The number of likely N-dealkylation sites (tertiary alicyclic amines) is 1. The molecule has 0 aromatic carbocycles. The average molecular weight is 266 g/mol. The predicted octanol–water partition coefficient (Wildman–Crippen LogP) is 1.73. The summed E-state index contributed by atoms with van der Waals surface area (Å²) in [4.78, 5) is 26.4. The molecule has 1 aliphatic heterocycles. The Balaban J connectivity index is 2.01. The number of ketones is 1. The highest BCUT2D eigenvalue weighted by Gasteiger charge is 2.41. The summed E-state index contributed by atoms with van der Waals surface area (Å²) in [5.41, 5.74) is 0. The number of hydrogen-bond donors (Lipinski definition) is 1. The van der Waals surface area contributed by atoms with Gasteiger partial charge in [0, 0.05) is 24.4 Å². The Morgan fingerprint density at radius 1 is 1.26 bits per heavy atom. The van der Waals surface area contributed by atoms with Crippen molar-refractivity contribution in [3.8, 4) is 0 Å². The van der Waals surface area contributed by atoms with E-state index in [4.69, 9.17) is 0 Å². The molecule has 108 valence electrons. The Morgan fingerprint density at radius 3 is 2.58 bits per heavy atom. The van der Waals surface area contributed by atoms with Crippen LogP contribution in [0.2, 0.25) is 0 Å². The molecule has 1 saturated carbocycles. The van der Waals surface area contributed by atoms with Crippen molar-refractivity contribution in [2.24, 2.45) is 5.92 Å². The number of carbonyl (C=O) groups excluding carboxylic acids is 2. The van der Waals surface area contributed by atoms with Crippen LogP contribution < -0.4 is 5.32 Å². The number of nitrogens with zero attached hydrogens (tertiary/aromatic N) is 1. The minimum absolute atomic E-state index is 0.0901. The fourth-order valence-corrected chi connectivity index (χ4v) is 3.53. The Bertz CT molecular complexity index is 354. The minimum atomic E-state index is -0.122. The smallest absolute Gasteiger partial charge is 0.237 e. The standard InChI is InChI=1S/C15H26N2O2/c1-10(2)16-15(19)11(3)17-9-5-7-13(17)12-6-4-8-14(12)18/h10-13H,4-9H2,1-3H3,(H,16,19). The van der Waals surface area contributed by atoms with E-state index in [1.54, 1.807) is 0 Å². The van der Waals surface area contributed by atoms with Crippen molar-refractivity contribution in [1.29, 1.82) is 0 Å². The first-order valence-corrected chi connectivity index (χ1v) is 7.59. The summed E-state index contributed by atoms with van der Waals surface area (Å²) >= 11 is 0. The minimum Gasteiger partial charge on any atom is -0.353 e. The summed E-state index contributed by atoms with van der Waals surface area (Å²) in [7, 11) is 0. The quantitative estimate of drug-likeness (QED) is 0.843. The van der Waals surface area contributed by atoms with Crippen LogP contribution in [0.25, 0.3) is 0 Å². The normalized spacial score (nSPS) is 30.0. The maximum Gasteiger partial charge on any atom is 0.237 e. The summed E-state index contributed by atoms with van der Waals surface area (Å²) < 4.78 is 0. The molecule has 0 radical (unpaired) electrons. The number of nitrogens with one attached hydrogen (secondary N) is 1. The van der Waals surface area contributed by atoms with Crippen LogP contribution in [0.15, 0.2) is 0 Å². The van der Waals surface area contributed by atoms with E-state index in [0.29, 0.717) is 11.8 Å². The van der Waals surface area contributed by atoms with Crippen molar-refractivity contribution < 1.29 is 9.59 Å². The van der Waals surface area contributed by atoms with E-state index in [9.17, 15) is 9.59 Å². The molecule has 1 aliphatic carbocycles. The lowest BCUT2D eigenvalue weighted by molar-refractivity contribution is -0.129. The predicted molar refractivity (Wildman–Crippen MR) is 74.8 cm³/mol. The molecule has 3 atom stereocenters. The van der Waals surface area contributed by atoms with Gasteiger partial charge in [0.25, 0.3) is 0 Å². The van der Waals surface area contributed by atoms with Crippen LogP contribution in [0, 0.1) is 5.92 Å². The van der Waals surface area contributed by atoms with Crippen molar-refractivity contribution in [1.82, 2.24) is 10.2 Å². The van der Waals surface area contributed by atoms with Crippen molar-refractivity contribution in [3.05, 3.63) is 0 Å². The molecular weight excluding hydrogens is 240 g/mol.